The summed E-state index contributed by atoms with van der Waals surface area (Å²) in [6.07, 6.45) is 0. The van der Waals surface area contributed by atoms with E-state index in [1.165, 1.54) is 11.8 Å². The van der Waals surface area contributed by atoms with Crippen molar-refractivity contribution < 1.29 is 9.59 Å². The fourth-order valence-electron chi connectivity index (χ4n) is 3.47. The number of nitrogens with zero attached hydrogens (tertiary/aromatic N) is 3. The zero-order chi connectivity index (χ0) is 23.9. The van der Waals surface area contributed by atoms with Crippen molar-refractivity contribution in [3.05, 3.63) is 83.2 Å². The van der Waals surface area contributed by atoms with E-state index in [4.69, 9.17) is 0 Å². The van der Waals surface area contributed by atoms with Gasteiger partial charge in [-0.05, 0) is 43.0 Å². The van der Waals surface area contributed by atoms with Gasteiger partial charge in [0.05, 0.1) is 27.9 Å². The molecule has 7 nitrogen and oxygen atoms in total. The summed E-state index contributed by atoms with van der Waals surface area (Å²) in [7, 11) is 0. The van der Waals surface area contributed by atoms with Crippen molar-refractivity contribution in [2.45, 2.75) is 31.6 Å². The van der Waals surface area contributed by atoms with Crippen LogP contribution in [0.4, 0.5) is 5.69 Å². The molecule has 174 valence electrons. The Bertz CT molecular complexity index is 1260. The molecule has 9 heteroatoms. The van der Waals surface area contributed by atoms with Gasteiger partial charge in [-0.15, -0.1) is 21.5 Å². The molecule has 1 atom stereocenters. The van der Waals surface area contributed by atoms with Crippen molar-refractivity contribution in [2.24, 2.45) is 0 Å². The first kappa shape index (κ1) is 23.7. The van der Waals surface area contributed by atoms with E-state index in [0.29, 0.717) is 23.0 Å². The lowest BCUT2D eigenvalue weighted by atomic mass is 10.1. The quantitative estimate of drug-likeness (QED) is 0.312. The summed E-state index contributed by atoms with van der Waals surface area (Å²) in [5.74, 6) is 0.490. The third-order valence-electron chi connectivity index (χ3n) is 5.20. The van der Waals surface area contributed by atoms with Crippen molar-refractivity contribution in [1.29, 1.82) is 0 Å². The number of para-hydroxylation sites is 1. The Morgan fingerprint density at radius 2 is 1.79 bits per heavy atom. The Morgan fingerprint density at radius 3 is 2.53 bits per heavy atom. The van der Waals surface area contributed by atoms with E-state index < -0.39 is 0 Å². The highest BCUT2D eigenvalue weighted by Crippen LogP contribution is 2.27. The maximum Gasteiger partial charge on any atom is 0.253 e. The maximum absolute atomic E-state index is 12.9. The van der Waals surface area contributed by atoms with E-state index in [9.17, 15) is 9.59 Å². The average Bonchev–Trinajstić information content (AvgIpc) is 3.53. The summed E-state index contributed by atoms with van der Waals surface area (Å²) in [6.45, 7) is 4.65. The van der Waals surface area contributed by atoms with Gasteiger partial charge in [0.2, 0.25) is 5.91 Å². The lowest BCUT2D eigenvalue weighted by Gasteiger charge is -2.16. The number of nitrogens with one attached hydrogen (secondary N) is 2. The number of benzene rings is 2. The number of amides is 2. The predicted molar refractivity (Wildman–Crippen MR) is 137 cm³/mol. The highest BCUT2D eigenvalue weighted by atomic mass is 32.2. The van der Waals surface area contributed by atoms with E-state index >= 15 is 0 Å². The van der Waals surface area contributed by atoms with Crippen molar-refractivity contribution in [3.63, 3.8) is 0 Å². The van der Waals surface area contributed by atoms with Crippen molar-refractivity contribution >= 4 is 40.6 Å². The second-order valence-corrected chi connectivity index (χ2v) is 9.41. The summed E-state index contributed by atoms with van der Waals surface area (Å²) >= 11 is 2.92. The smallest absolute Gasteiger partial charge is 0.253 e. The van der Waals surface area contributed by atoms with E-state index in [2.05, 4.69) is 20.8 Å². The first-order valence-electron chi connectivity index (χ1n) is 10.9. The molecule has 0 radical (unpaired) electrons. The topological polar surface area (TPSA) is 88.9 Å². The van der Waals surface area contributed by atoms with Crippen LogP contribution in [-0.2, 0) is 11.3 Å². The van der Waals surface area contributed by atoms with Crippen molar-refractivity contribution in [1.82, 2.24) is 20.1 Å². The number of hydrogen-bond donors (Lipinski definition) is 2. The van der Waals surface area contributed by atoms with Gasteiger partial charge in [-0.1, -0.05) is 60.3 Å². The Morgan fingerprint density at radius 1 is 1.03 bits per heavy atom. The van der Waals surface area contributed by atoms with Gasteiger partial charge in [0.1, 0.15) is 0 Å². The number of hydrogen-bond acceptors (Lipinski definition) is 6. The minimum atomic E-state index is -0.244. The highest BCUT2D eigenvalue weighted by Gasteiger charge is 2.18. The van der Waals surface area contributed by atoms with Crippen molar-refractivity contribution in [3.8, 4) is 10.7 Å². The number of carbonyl (C=O) groups excluding carboxylic acids is 2. The van der Waals surface area contributed by atoms with Crippen molar-refractivity contribution in [2.75, 3.05) is 11.1 Å². The van der Waals surface area contributed by atoms with E-state index in [0.717, 1.165) is 16.3 Å². The Hall–Kier alpha value is -3.43. The molecule has 2 N–H and O–H groups in total. The first-order valence-corrected chi connectivity index (χ1v) is 12.8. The predicted octanol–water partition coefficient (Wildman–Crippen LogP) is 5.25. The molecular formula is C25H25N5O2S2. The second-order valence-electron chi connectivity index (χ2n) is 7.52. The Kier molecular flexibility index (Phi) is 7.76. The first-order chi connectivity index (χ1) is 16.6. The van der Waals surface area contributed by atoms with Gasteiger partial charge in [-0.3, -0.25) is 9.59 Å². The van der Waals surface area contributed by atoms with Crippen LogP contribution in [0.5, 0.6) is 0 Å². The van der Waals surface area contributed by atoms with Crippen LogP contribution in [0.1, 0.15) is 35.8 Å². The standard InChI is InChI=1S/C25H25N5O2S2/c1-3-30-23(21-14-9-15-33-21)28-29-25(30)34-16-22(31)27-20-13-8-7-12-19(20)24(32)26-17(2)18-10-5-4-6-11-18/h4-15,17H,3,16H2,1-2H3,(H,26,32)(H,27,31)/t17-/m1/s1. The van der Waals surface area contributed by atoms with Crippen LogP contribution < -0.4 is 10.6 Å². The largest absolute Gasteiger partial charge is 0.345 e. The molecule has 4 rings (SSSR count). The molecular weight excluding hydrogens is 466 g/mol. The highest BCUT2D eigenvalue weighted by molar-refractivity contribution is 7.99. The summed E-state index contributed by atoms with van der Waals surface area (Å²) in [5.41, 5.74) is 1.90. The normalized spacial score (nSPS) is 11.7. The van der Waals surface area contributed by atoms with Crippen LogP contribution in [-0.4, -0.2) is 32.3 Å². The summed E-state index contributed by atoms with van der Waals surface area (Å²) in [5, 5.41) is 17.1. The maximum atomic E-state index is 12.9. The molecule has 0 saturated heterocycles. The summed E-state index contributed by atoms with van der Waals surface area (Å²) in [6, 6.07) is 20.6. The van der Waals surface area contributed by atoms with Crippen LogP contribution in [0.3, 0.4) is 0 Å². The molecule has 2 aromatic heterocycles. The van der Waals surface area contributed by atoms with Crippen LogP contribution >= 0.6 is 23.1 Å². The van der Waals surface area contributed by atoms with Gasteiger partial charge in [-0.2, -0.15) is 0 Å². The number of aromatic nitrogens is 3. The summed E-state index contributed by atoms with van der Waals surface area (Å²) in [4.78, 5) is 26.7. The second kappa shape index (κ2) is 11.1. The van der Waals surface area contributed by atoms with Crippen LogP contribution in [0, 0.1) is 0 Å². The molecule has 0 aliphatic heterocycles. The lowest BCUT2D eigenvalue weighted by Crippen LogP contribution is -2.28. The minimum absolute atomic E-state index is 0.152. The lowest BCUT2D eigenvalue weighted by molar-refractivity contribution is -0.113. The molecule has 0 spiro atoms. The number of thiophene rings is 1. The Balaban J connectivity index is 1.40. The van der Waals surface area contributed by atoms with E-state index in [-0.39, 0.29) is 23.6 Å². The molecule has 0 saturated carbocycles. The molecule has 0 aliphatic carbocycles. The number of thioether (sulfide) groups is 1. The summed E-state index contributed by atoms with van der Waals surface area (Å²) < 4.78 is 2.00. The third-order valence-corrected chi connectivity index (χ3v) is 7.03. The van der Waals surface area contributed by atoms with Gasteiger partial charge in [0.25, 0.3) is 5.91 Å². The van der Waals surface area contributed by atoms with Gasteiger partial charge < -0.3 is 15.2 Å². The van der Waals surface area contributed by atoms with Crippen LogP contribution in [0.25, 0.3) is 10.7 Å². The fraction of sp³-hybridized carbons (Fsp3) is 0.200. The third kappa shape index (κ3) is 5.55. The molecule has 0 unspecified atom stereocenters. The van der Waals surface area contributed by atoms with Gasteiger partial charge in [-0.25, -0.2) is 0 Å². The fourth-order valence-corrected chi connectivity index (χ4v) is 4.99. The zero-order valence-corrected chi connectivity index (χ0v) is 20.5. The molecule has 34 heavy (non-hydrogen) atoms. The molecule has 2 aromatic carbocycles. The van der Waals surface area contributed by atoms with E-state index in [1.54, 1.807) is 35.6 Å². The molecule has 0 bridgehead atoms. The molecule has 0 fully saturated rings. The van der Waals surface area contributed by atoms with E-state index in [1.807, 2.05) is 66.3 Å². The molecule has 4 aromatic rings. The Labute approximate surface area is 206 Å². The molecule has 2 amide bonds. The number of rotatable bonds is 9. The minimum Gasteiger partial charge on any atom is -0.345 e. The zero-order valence-electron chi connectivity index (χ0n) is 18.9. The monoisotopic (exact) mass is 491 g/mol. The SMILES string of the molecule is CCn1c(SCC(=O)Nc2ccccc2C(=O)N[C@H](C)c2ccccc2)nnc1-c1cccs1. The molecule has 2 heterocycles. The van der Waals surface area contributed by atoms with Gasteiger partial charge >= 0.3 is 0 Å². The average molecular weight is 492 g/mol. The molecule has 0 aliphatic rings. The number of carbonyl (C=O) groups is 2. The number of anilines is 1. The van der Waals surface area contributed by atoms with Crippen LogP contribution in [0.2, 0.25) is 0 Å². The van der Waals surface area contributed by atoms with Gasteiger partial charge in [0.15, 0.2) is 11.0 Å². The van der Waals surface area contributed by atoms with Crippen LogP contribution in [0.15, 0.2) is 77.3 Å². The van der Waals surface area contributed by atoms with Gasteiger partial charge in [0, 0.05) is 6.54 Å².